The first-order valence-electron chi connectivity index (χ1n) is 10.5. The van der Waals surface area contributed by atoms with Crippen molar-refractivity contribution < 1.29 is 14.0 Å². The van der Waals surface area contributed by atoms with E-state index in [1.54, 1.807) is 17.4 Å². The lowest BCUT2D eigenvalue weighted by molar-refractivity contribution is -0.119. The molecule has 10 heteroatoms. The number of furan rings is 1. The van der Waals surface area contributed by atoms with E-state index < -0.39 is 5.91 Å². The number of nitrogens with one attached hydrogen (secondary N) is 2. The SMILES string of the molecule is Cn1c(SCC(=O)NNC(=O)c2ccco2)nnc1-c1cc2c(s1)CCC(C(C)(C)C)C2. The lowest BCUT2D eigenvalue weighted by atomic mass is 9.72. The second-order valence-electron chi connectivity index (χ2n) is 9.00. The predicted molar refractivity (Wildman–Crippen MR) is 124 cm³/mol. The van der Waals surface area contributed by atoms with E-state index in [9.17, 15) is 9.59 Å². The minimum atomic E-state index is -0.510. The van der Waals surface area contributed by atoms with Gasteiger partial charge in [-0.1, -0.05) is 32.5 Å². The molecule has 8 nitrogen and oxygen atoms in total. The minimum absolute atomic E-state index is 0.0958. The molecule has 0 bridgehead atoms. The van der Waals surface area contributed by atoms with Crippen LogP contribution in [0.2, 0.25) is 0 Å². The topological polar surface area (TPSA) is 102 Å². The average molecular weight is 474 g/mol. The van der Waals surface area contributed by atoms with Crippen LogP contribution in [0.1, 0.15) is 48.2 Å². The van der Waals surface area contributed by atoms with Gasteiger partial charge in [0.2, 0.25) is 5.91 Å². The number of amides is 2. The Balaban J connectivity index is 1.35. The molecular weight excluding hydrogens is 446 g/mol. The molecule has 1 atom stereocenters. The molecule has 2 N–H and O–H groups in total. The molecule has 0 fully saturated rings. The van der Waals surface area contributed by atoms with Crippen molar-refractivity contribution in [3.63, 3.8) is 0 Å². The molecule has 0 saturated carbocycles. The van der Waals surface area contributed by atoms with Crippen molar-refractivity contribution in [2.75, 3.05) is 5.75 Å². The van der Waals surface area contributed by atoms with E-state index in [0.29, 0.717) is 16.5 Å². The van der Waals surface area contributed by atoms with E-state index in [4.69, 9.17) is 4.42 Å². The van der Waals surface area contributed by atoms with Gasteiger partial charge in [-0.3, -0.25) is 20.4 Å². The van der Waals surface area contributed by atoms with Gasteiger partial charge in [0.05, 0.1) is 16.9 Å². The average Bonchev–Trinajstić information content (AvgIpc) is 3.48. The molecule has 3 heterocycles. The summed E-state index contributed by atoms with van der Waals surface area (Å²) >= 11 is 3.06. The number of nitrogens with zero attached hydrogens (tertiary/aromatic N) is 3. The summed E-state index contributed by atoms with van der Waals surface area (Å²) in [4.78, 5) is 26.5. The van der Waals surface area contributed by atoms with E-state index in [0.717, 1.165) is 23.5 Å². The largest absolute Gasteiger partial charge is 0.459 e. The number of hydrazine groups is 1. The summed E-state index contributed by atoms with van der Waals surface area (Å²) in [5.41, 5.74) is 6.44. The summed E-state index contributed by atoms with van der Waals surface area (Å²) in [5, 5.41) is 9.28. The maximum atomic E-state index is 12.1. The number of aryl methyl sites for hydroxylation is 1. The maximum Gasteiger partial charge on any atom is 0.305 e. The fraction of sp³-hybridized carbons (Fsp3) is 0.455. The number of hydrogen-bond acceptors (Lipinski definition) is 7. The monoisotopic (exact) mass is 473 g/mol. The third-order valence-electron chi connectivity index (χ3n) is 5.76. The van der Waals surface area contributed by atoms with Gasteiger partial charge >= 0.3 is 5.91 Å². The van der Waals surface area contributed by atoms with Crippen molar-refractivity contribution in [3.05, 3.63) is 40.7 Å². The zero-order valence-corrected chi connectivity index (χ0v) is 20.2. The van der Waals surface area contributed by atoms with Crippen LogP contribution < -0.4 is 10.9 Å². The second-order valence-corrected chi connectivity index (χ2v) is 11.1. The normalized spacial score (nSPS) is 15.9. The molecule has 1 aliphatic rings. The van der Waals surface area contributed by atoms with E-state index in [-0.39, 0.29) is 17.4 Å². The standard InChI is InChI=1S/C22H27N5O3S2/c1-22(2,3)14-7-8-16-13(10-14)11-17(32-16)19-24-26-21(27(19)4)31-12-18(28)23-25-20(29)15-6-5-9-30-15/h5-6,9,11,14H,7-8,10,12H2,1-4H3,(H,23,28)(H,25,29). The molecular formula is C22H27N5O3S2. The Bertz CT molecular complexity index is 1110. The number of thiophene rings is 1. The number of thioether (sulfide) groups is 1. The molecule has 0 spiro atoms. The number of carbonyl (C=O) groups excluding carboxylic acids is 2. The van der Waals surface area contributed by atoms with Crippen molar-refractivity contribution in [3.8, 4) is 10.7 Å². The van der Waals surface area contributed by atoms with Gasteiger partial charge in [-0.15, -0.1) is 21.5 Å². The van der Waals surface area contributed by atoms with Crippen molar-refractivity contribution in [2.45, 2.75) is 45.2 Å². The molecule has 32 heavy (non-hydrogen) atoms. The zero-order chi connectivity index (χ0) is 22.9. The Labute approximate surface area is 195 Å². The van der Waals surface area contributed by atoms with Crippen LogP contribution in [-0.4, -0.2) is 32.3 Å². The fourth-order valence-electron chi connectivity index (χ4n) is 3.79. The van der Waals surface area contributed by atoms with E-state index in [1.165, 1.54) is 41.0 Å². The fourth-order valence-corrected chi connectivity index (χ4v) is 5.73. The van der Waals surface area contributed by atoms with Gasteiger partial charge in [-0.25, -0.2) is 0 Å². The van der Waals surface area contributed by atoms with Gasteiger partial charge in [-0.2, -0.15) is 0 Å². The molecule has 4 rings (SSSR count). The molecule has 1 unspecified atom stereocenters. The molecule has 0 aliphatic heterocycles. The van der Waals surface area contributed by atoms with Crippen molar-refractivity contribution >= 4 is 34.9 Å². The summed E-state index contributed by atoms with van der Waals surface area (Å²) in [6, 6.07) is 5.38. The number of rotatable bonds is 5. The van der Waals surface area contributed by atoms with Crippen LogP contribution in [-0.2, 0) is 24.7 Å². The smallest absolute Gasteiger partial charge is 0.305 e. The molecule has 0 saturated heterocycles. The molecule has 0 aromatic carbocycles. The molecule has 3 aromatic heterocycles. The van der Waals surface area contributed by atoms with E-state index >= 15 is 0 Å². The maximum absolute atomic E-state index is 12.1. The molecule has 0 radical (unpaired) electrons. The lowest BCUT2D eigenvalue weighted by Crippen LogP contribution is -2.42. The Morgan fingerprint density at radius 2 is 2.12 bits per heavy atom. The third-order valence-corrected chi connectivity index (χ3v) is 8.01. The summed E-state index contributed by atoms with van der Waals surface area (Å²) in [6.07, 6.45) is 4.84. The minimum Gasteiger partial charge on any atom is -0.459 e. The van der Waals surface area contributed by atoms with Gasteiger partial charge in [-0.05, 0) is 54.4 Å². The second kappa shape index (κ2) is 9.11. The van der Waals surface area contributed by atoms with Gasteiger partial charge < -0.3 is 8.98 Å². The van der Waals surface area contributed by atoms with Crippen LogP contribution in [0.25, 0.3) is 10.7 Å². The van der Waals surface area contributed by atoms with Crippen molar-refractivity contribution in [2.24, 2.45) is 18.4 Å². The highest BCUT2D eigenvalue weighted by Gasteiger charge is 2.30. The number of hydrogen-bond donors (Lipinski definition) is 2. The first kappa shape index (κ1) is 22.6. The van der Waals surface area contributed by atoms with E-state index in [2.05, 4.69) is 47.9 Å². The van der Waals surface area contributed by atoms with Crippen LogP contribution in [0, 0.1) is 11.3 Å². The van der Waals surface area contributed by atoms with E-state index in [1.807, 2.05) is 11.6 Å². The van der Waals surface area contributed by atoms with Crippen LogP contribution >= 0.6 is 23.1 Å². The Hall–Kier alpha value is -2.59. The molecule has 2 amide bonds. The molecule has 3 aromatic rings. The van der Waals surface area contributed by atoms with Gasteiger partial charge in [0, 0.05) is 11.9 Å². The Morgan fingerprint density at radius 1 is 1.31 bits per heavy atom. The van der Waals surface area contributed by atoms with Gasteiger partial charge in [0.1, 0.15) is 0 Å². The summed E-state index contributed by atoms with van der Waals surface area (Å²) < 4.78 is 6.90. The highest BCUT2D eigenvalue weighted by molar-refractivity contribution is 7.99. The number of fused-ring (bicyclic) bond motifs is 1. The van der Waals surface area contributed by atoms with Crippen LogP contribution in [0.4, 0.5) is 0 Å². The Morgan fingerprint density at radius 3 is 2.84 bits per heavy atom. The highest BCUT2D eigenvalue weighted by Crippen LogP contribution is 2.42. The summed E-state index contributed by atoms with van der Waals surface area (Å²) in [6.45, 7) is 6.96. The first-order valence-corrected chi connectivity index (χ1v) is 12.3. The van der Waals surface area contributed by atoms with Crippen LogP contribution in [0.5, 0.6) is 0 Å². The first-order chi connectivity index (χ1) is 15.2. The highest BCUT2D eigenvalue weighted by atomic mass is 32.2. The van der Waals surface area contributed by atoms with Gasteiger partial charge in [0.25, 0.3) is 0 Å². The summed E-state index contributed by atoms with van der Waals surface area (Å²) in [7, 11) is 1.91. The Kier molecular flexibility index (Phi) is 6.43. The predicted octanol–water partition coefficient (Wildman–Crippen LogP) is 3.84. The number of aromatic nitrogens is 3. The van der Waals surface area contributed by atoms with Gasteiger partial charge in [0.15, 0.2) is 16.7 Å². The quantitative estimate of drug-likeness (QED) is 0.431. The van der Waals surface area contributed by atoms with Crippen LogP contribution in [0.15, 0.2) is 34.0 Å². The summed E-state index contributed by atoms with van der Waals surface area (Å²) in [5.74, 6) is 0.867. The molecule has 1 aliphatic carbocycles. The zero-order valence-electron chi connectivity index (χ0n) is 18.6. The third kappa shape index (κ3) is 4.91. The lowest BCUT2D eigenvalue weighted by Gasteiger charge is -2.33. The number of carbonyl (C=O) groups is 2. The van der Waals surface area contributed by atoms with Crippen molar-refractivity contribution in [1.29, 1.82) is 0 Å². The van der Waals surface area contributed by atoms with Crippen LogP contribution in [0.3, 0.4) is 0 Å². The molecule has 170 valence electrons. The van der Waals surface area contributed by atoms with Crippen molar-refractivity contribution in [1.82, 2.24) is 25.6 Å².